The Bertz CT molecular complexity index is 699. The van der Waals surface area contributed by atoms with Gasteiger partial charge in [0.2, 0.25) is 0 Å². The van der Waals surface area contributed by atoms with Crippen molar-refractivity contribution < 1.29 is 15.0 Å². The second kappa shape index (κ2) is 5.56. The number of carbonyl (C=O) groups excluding carboxylic acids is 1. The van der Waals surface area contributed by atoms with Crippen LogP contribution < -0.4 is 0 Å². The van der Waals surface area contributed by atoms with Crippen LogP contribution in [0.3, 0.4) is 0 Å². The molecule has 0 bridgehead atoms. The lowest BCUT2D eigenvalue weighted by Gasteiger charge is -2.57. The number of hydrogen-bond acceptors (Lipinski definition) is 3. The summed E-state index contributed by atoms with van der Waals surface area (Å²) in [6.07, 6.45) is 12.1. The average molecular weight is 340 g/mol. The fourth-order valence-corrected chi connectivity index (χ4v) is 6.95. The Balaban J connectivity index is 1.78. The van der Waals surface area contributed by atoms with E-state index < -0.39 is 17.1 Å². The zero-order chi connectivity index (χ0) is 18.0. The predicted molar refractivity (Wildman–Crippen MR) is 96.4 cm³/mol. The number of hydrogen-bond donors (Lipinski definition) is 2. The summed E-state index contributed by atoms with van der Waals surface area (Å²) in [5.74, 6) is 3.90. The quantitative estimate of drug-likeness (QED) is 0.570. The molecule has 0 unspecified atom stereocenters. The van der Waals surface area contributed by atoms with Crippen LogP contribution in [-0.4, -0.2) is 27.7 Å². The molecular weight excluding hydrogens is 312 g/mol. The molecule has 0 radical (unpaired) electrons. The minimum Gasteiger partial charge on any atom is -0.393 e. The molecule has 4 rings (SSSR count). The van der Waals surface area contributed by atoms with Crippen molar-refractivity contribution in [1.29, 1.82) is 0 Å². The first-order chi connectivity index (χ1) is 11.9. The lowest BCUT2D eigenvalue weighted by Crippen LogP contribution is -2.55. The van der Waals surface area contributed by atoms with E-state index in [0.29, 0.717) is 30.6 Å². The van der Waals surface area contributed by atoms with Crippen molar-refractivity contribution in [1.82, 2.24) is 0 Å². The summed E-state index contributed by atoms with van der Waals surface area (Å²) < 4.78 is 0. The Labute approximate surface area is 150 Å². The Kier molecular flexibility index (Phi) is 3.80. The normalized spacial score (nSPS) is 48.9. The number of carbonyl (C=O) groups is 1. The van der Waals surface area contributed by atoms with Crippen LogP contribution in [0.15, 0.2) is 23.8 Å². The zero-order valence-corrected chi connectivity index (χ0v) is 15.0. The highest BCUT2D eigenvalue weighted by atomic mass is 16.3. The summed E-state index contributed by atoms with van der Waals surface area (Å²) in [5, 5.41) is 22.1. The number of rotatable bonds is 1. The van der Waals surface area contributed by atoms with Crippen LogP contribution in [0.25, 0.3) is 0 Å². The topological polar surface area (TPSA) is 57.5 Å². The summed E-state index contributed by atoms with van der Waals surface area (Å²) in [6.45, 7) is 6.49. The van der Waals surface area contributed by atoms with Gasteiger partial charge in [0, 0.05) is 18.3 Å². The maximum absolute atomic E-state index is 11.8. The second-order valence-corrected chi connectivity index (χ2v) is 8.71. The van der Waals surface area contributed by atoms with Gasteiger partial charge in [-0.2, -0.15) is 0 Å². The van der Waals surface area contributed by atoms with Crippen molar-refractivity contribution in [3.05, 3.63) is 23.8 Å². The molecule has 25 heavy (non-hydrogen) atoms. The van der Waals surface area contributed by atoms with Crippen LogP contribution in [0.2, 0.25) is 0 Å². The molecule has 3 fully saturated rings. The van der Waals surface area contributed by atoms with Crippen LogP contribution in [0.1, 0.15) is 51.9 Å². The van der Waals surface area contributed by atoms with Crippen LogP contribution in [0, 0.1) is 41.4 Å². The van der Waals surface area contributed by atoms with Crippen molar-refractivity contribution in [2.24, 2.45) is 29.1 Å². The molecule has 0 aromatic heterocycles. The van der Waals surface area contributed by atoms with Crippen molar-refractivity contribution in [2.75, 3.05) is 0 Å². The second-order valence-electron chi connectivity index (χ2n) is 8.71. The number of aliphatic hydroxyl groups is 2. The summed E-state index contributed by atoms with van der Waals surface area (Å²) >= 11 is 0. The molecule has 0 aromatic rings. The van der Waals surface area contributed by atoms with Gasteiger partial charge in [-0.1, -0.05) is 30.6 Å². The van der Waals surface area contributed by atoms with E-state index in [1.54, 1.807) is 0 Å². The molecule has 2 N–H and O–H groups in total. The predicted octanol–water partition coefficient (Wildman–Crippen LogP) is 3.02. The van der Waals surface area contributed by atoms with Gasteiger partial charge >= 0.3 is 0 Å². The average Bonchev–Trinajstić information content (AvgIpc) is 2.82. The van der Waals surface area contributed by atoms with Crippen LogP contribution in [-0.2, 0) is 4.79 Å². The van der Waals surface area contributed by atoms with Gasteiger partial charge in [-0.15, -0.1) is 6.42 Å². The number of fused-ring (bicyclic) bond motifs is 5. The van der Waals surface area contributed by atoms with Gasteiger partial charge in [-0.25, -0.2) is 0 Å². The number of allylic oxidation sites excluding steroid dienone is 2. The van der Waals surface area contributed by atoms with E-state index >= 15 is 0 Å². The molecule has 4 aliphatic carbocycles. The largest absolute Gasteiger partial charge is 0.393 e. The highest BCUT2D eigenvalue weighted by Gasteiger charge is 2.67. The van der Waals surface area contributed by atoms with Crippen molar-refractivity contribution in [3.8, 4) is 12.3 Å². The van der Waals surface area contributed by atoms with Crippen molar-refractivity contribution >= 4 is 5.78 Å². The van der Waals surface area contributed by atoms with E-state index in [2.05, 4.69) is 19.4 Å². The van der Waals surface area contributed by atoms with Gasteiger partial charge in [0.05, 0.1) is 6.10 Å². The van der Waals surface area contributed by atoms with Gasteiger partial charge in [0.1, 0.15) is 5.60 Å². The Hall–Kier alpha value is -1.37. The Morgan fingerprint density at radius 2 is 2.16 bits per heavy atom. The zero-order valence-electron chi connectivity index (χ0n) is 15.0. The molecule has 0 aliphatic heterocycles. The first-order valence-corrected chi connectivity index (χ1v) is 9.66. The molecule has 3 nitrogen and oxygen atoms in total. The first kappa shape index (κ1) is 17.1. The molecule has 0 spiro atoms. The molecule has 0 amide bonds. The minimum absolute atomic E-state index is 0.0215. The highest BCUT2D eigenvalue weighted by Crippen LogP contribution is 2.67. The first-order valence-electron chi connectivity index (χ1n) is 9.66. The highest BCUT2D eigenvalue weighted by molar-refractivity contribution is 5.91. The monoisotopic (exact) mass is 340 g/mol. The Morgan fingerprint density at radius 3 is 2.84 bits per heavy atom. The minimum atomic E-state index is -1.25. The maximum atomic E-state index is 11.8. The van der Waals surface area contributed by atoms with Crippen molar-refractivity contribution in [2.45, 2.75) is 63.6 Å². The molecule has 0 heterocycles. The van der Waals surface area contributed by atoms with E-state index in [4.69, 9.17) is 6.42 Å². The number of aliphatic hydroxyl groups excluding tert-OH is 1. The maximum Gasteiger partial charge on any atom is 0.155 e. The van der Waals surface area contributed by atoms with E-state index in [0.717, 1.165) is 31.3 Å². The lowest BCUT2D eigenvalue weighted by atomic mass is 9.48. The van der Waals surface area contributed by atoms with E-state index in [1.165, 1.54) is 5.57 Å². The molecular formula is C22H28O3. The SMILES string of the molecule is C#C[C@]1(O)C[C@H](O)[C@H]2[C@@H]3CCC4=CC(=O)CC[C@@H]4[C@H]3C(=C)C[C@@]21CC. The summed E-state index contributed by atoms with van der Waals surface area (Å²) in [5.41, 5.74) is 0.724. The smallest absolute Gasteiger partial charge is 0.155 e. The molecule has 7 atom stereocenters. The van der Waals surface area contributed by atoms with Gasteiger partial charge in [-0.05, 0) is 61.9 Å². The van der Waals surface area contributed by atoms with Gasteiger partial charge in [-0.3, -0.25) is 4.79 Å². The number of ketones is 1. The van der Waals surface area contributed by atoms with Gasteiger partial charge in [0.25, 0.3) is 0 Å². The lowest BCUT2D eigenvalue weighted by molar-refractivity contribution is -0.116. The molecule has 0 aromatic carbocycles. The summed E-state index contributed by atoms with van der Waals surface area (Å²) in [6, 6.07) is 0. The van der Waals surface area contributed by atoms with E-state index in [1.807, 2.05) is 6.08 Å². The third-order valence-corrected chi connectivity index (χ3v) is 7.91. The summed E-state index contributed by atoms with van der Waals surface area (Å²) in [4.78, 5) is 11.8. The van der Waals surface area contributed by atoms with Gasteiger partial charge < -0.3 is 10.2 Å². The molecule has 3 heteroatoms. The number of terminal acetylenes is 1. The fraction of sp³-hybridized carbons (Fsp3) is 0.682. The van der Waals surface area contributed by atoms with Crippen LogP contribution in [0.4, 0.5) is 0 Å². The van der Waals surface area contributed by atoms with Gasteiger partial charge in [0.15, 0.2) is 5.78 Å². The van der Waals surface area contributed by atoms with Crippen LogP contribution >= 0.6 is 0 Å². The molecule has 0 saturated heterocycles. The summed E-state index contributed by atoms with van der Waals surface area (Å²) in [7, 11) is 0. The van der Waals surface area contributed by atoms with E-state index in [9.17, 15) is 15.0 Å². The molecule has 3 saturated carbocycles. The molecule has 134 valence electrons. The van der Waals surface area contributed by atoms with Crippen molar-refractivity contribution in [3.63, 3.8) is 0 Å². The Morgan fingerprint density at radius 1 is 1.40 bits per heavy atom. The van der Waals surface area contributed by atoms with Crippen LogP contribution in [0.5, 0.6) is 0 Å². The van der Waals surface area contributed by atoms with E-state index in [-0.39, 0.29) is 18.1 Å². The standard InChI is InChI=1S/C22H28O3/c1-4-21-11-13(3)19-16-9-7-15(23)10-14(16)6-8-17(19)20(21)18(24)12-22(21,25)5-2/h2,10,16-20,24-25H,3-4,6-9,11-12H2,1H3/t16-,17+,18-,19+,20+,21-,22-/m0/s1. The third-order valence-electron chi connectivity index (χ3n) is 7.91. The molecule has 4 aliphatic rings. The fourth-order valence-electron chi connectivity index (χ4n) is 6.95. The third kappa shape index (κ3) is 2.11.